The van der Waals surface area contributed by atoms with Gasteiger partial charge >= 0.3 is 0 Å². The molecular formula is C30H35F2N7O4S. The first kappa shape index (κ1) is 30.2. The number of likely N-dealkylation sites (N-methyl/N-ethyl adjacent to an activating group) is 1. The van der Waals surface area contributed by atoms with Crippen LogP contribution in [0.2, 0.25) is 0 Å². The van der Waals surface area contributed by atoms with Crippen molar-refractivity contribution in [2.45, 2.75) is 43.5 Å². The number of hydrogen-bond acceptors (Lipinski definition) is 7. The molecule has 3 aliphatic rings. The summed E-state index contributed by atoms with van der Waals surface area (Å²) in [6, 6.07) is 7.54. The summed E-state index contributed by atoms with van der Waals surface area (Å²) < 4.78 is 55.2. The van der Waals surface area contributed by atoms with Gasteiger partial charge in [0.15, 0.2) is 5.82 Å². The Morgan fingerprint density at radius 3 is 2.36 bits per heavy atom. The number of aromatic nitrogens is 2. The van der Waals surface area contributed by atoms with E-state index in [1.807, 2.05) is 12.1 Å². The molecule has 1 aliphatic carbocycles. The molecule has 2 amide bonds. The lowest BCUT2D eigenvalue weighted by atomic mass is 10.1. The third-order valence-corrected chi connectivity index (χ3v) is 10.5. The van der Waals surface area contributed by atoms with Crippen molar-refractivity contribution in [2.24, 2.45) is 5.92 Å². The van der Waals surface area contributed by atoms with E-state index in [-0.39, 0.29) is 42.7 Å². The number of benzene rings is 2. The molecule has 0 unspecified atom stereocenters. The van der Waals surface area contributed by atoms with Gasteiger partial charge in [0, 0.05) is 74.6 Å². The van der Waals surface area contributed by atoms with Gasteiger partial charge in [-0.15, -0.1) is 0 Å². The van der Waals surface area contributed by atoms with Crippen LogP contribution in [0.1, 0.15) is 47.3 Å². The zero-order valence-corrected chi connectivity index (χ0v) is 25.2. The normalized spacial score (nSPS) is 18.3. The van der Waals surface area contributed by atoms with Crippen molar-refractivity contribution < 1.29 is 26.8 Å². The number of nitrogens with zero attached hydrogens (tertiary/aromatic N) is 4. The molecule has 234 valence electrons. The van der Waals surface area contributed by atoms with Crippen LogP contribution >= 0.6 is 0 Å². The summed E-state index contributed by atoms with van der Waals surface area (Å²) >= 11 is 0. The molecule has 3 aromatic rings. The van der Waals surface area contributed by atoms with Crippen molar-refractivity contribution in [3.05, 3.63) is 64.9 Å². The van der Waals surface area contributed by atoms with Crippen LogP contribution in [0, 0.1) is 17.6 Å². The van der Waals surface area contributed by atoms with E-state index in [9.17, 15) is 26.8 Å². The first-order chi connectivity index (χ1) is 21.1. The third kappa shape index (κ3) is 6.19. The van der Waals surface area contributed by atoms with E-state index in [1.54, 1.807) is 6.07 Å². The van der Waals surface area contributed by atoms with Gasteiger partial charge in [-0.05, 0) is 50.2 Å². The molecule has 0 spiro atoms. The van der Waals surface area contributed by atoms with Crippen molar-refractivity contribution in [1.82, 2.24) is 19.4 Å². The van der Waals surface area contributed by atoms with Crippen molar-refractivity contribution in [1.29, 1.82) is 0 Å². The smallest absolute Gasteiger partial charge is 0.258 e. The maximum absolute atomic E-state index is 13.8. The molecule has 2 aliphatic heterocycles. The first-order valence-corrected chi connectivity index (χ1v) is 16.2. The number of carbonyl (C=O) groups is 2. The highest BCUT2D eigenvalue weighted by atomic mass is 32.2. The fraction of sp³-hybridized carbons (Fsp3) is 0.433. The van der Waals surface area contributed by atoms with E-state index >= 15 is 0 Å². The number of amides is 2. The maximum Gasteiger partial charge on any atom is 0.258 e. The van der Waals surface area contributed by atoms with Gasteiger partial charge in [-0.2, -0.15) is 9.40 Å². The summed E-state index contributed by atoms with van der Waals surface area (Å²) in [5.74, 6) is -2.57. The minimum atomic E-state index is -4.23. The first-order valence-electron chi connectivity index (χ1n) is 14.8. The Balaban J connectivity index is 1.24. The lowest BCUT2D eigenvalue weighted by molar-refractivity contribution is -0.119. The van der Waals surface area contributed by atoms with Gasteiger partial charge in [-0.1, -0.05) is 12.8 Å². The van der Waals surface area contributed by atoms with E-state index < -0.39 is 32.5 Å². The Morgan fingerprint density at radius 2 is 1.66 bits per heavy atom. The summed E-state index contributed by atoms with van der Waals surface area (Å²) in [6.07, 6.45) is 3.88. The standard InChI is InChI=1S/C30H35F2N7O4S/c1-37-10-12-38(13-11-37)22-6-7-24(27(17-22)33-29(40)19-4-2-3-5-19)30(41)34-28-25-18-39(9-8-26(25)35-36-28)44(42,43)23-15-20(31)14-21(32)16-23/h6-7,14-17,19H,2-5,8-13,18H2,1H3,(H,33,40)(H2,34,35,36,41). The van der Waals surface area contributed by atoms with E-state index in [1.165, 1.54) is 0 Å². The number of fused-ring (bicyclic) bond motifs is 1. The van der Waals surface area contributed by atoms with Crippen LogP contribution in [-0.4, -0.2) is 79.4 Å². The molecule has 1 saturated carbocycles. The molecule has 2 fully saturated rings. The molecule has 1 aromatic heterocycles. The Morgan fingerprint density at radius 1 is 0.955 bits per heavy atom. The Hall–Kier alpha value is -3.88. The summed E-state index contributed by atoms with van der Waals surface area (Å²) in [6.45, 7) is 3.34. The minimum Gasteiger partial charge on any atom is -0.369 e. The van der Waals surface area contributed by atoms with Crippen LogP contribution < -0.4 is 15.5 Å². The van der Waals surface area contributed by atoms with Crippen molar-refractivity contribution in [2.75, 3.05) is 55.3 Å². The molecule has 2 aromatic carbocycles. The second-order valence-corrected chi connectivity index (χ2v) is 13.6. The van der Waals surface area contributed by atoms with E-state index in [0.717, 1.165) is 74.0 Å². The number of aromatic amines is 1. The number of H-pyrrole nitrogens is 1. The predicted molar refractivity (Wildman–Crippen MR) is 161 cm³/mol. The van der Waals surface area contributed by atoms with Gasteiger partial charge in [0.25, 0.3) is 5.91 Å². The van der Waals surface area contributed by atoms with E-state index in [4.69, 9.17) is 0 Å². The molecule has 11 nitrogen and oxygen atoms in total. The highest BCUT2D eigenvalue weighted by Crippen LogP contribution is 2.32. The molecular weight excluding hydrogens is 592 g/mol. The second kappa shape index (κ2) is 12.3. The SMILES string of the molecule is CN1CCN(c2ccc(C(=O)Nc3n[nH]c4c3CN(S(=O)(=O)c3cc(F)cc(F)c3)CC4)c(NC(=O)C3CCCC3)c2)CC1. The lowest BCUT2D eigenvalue weighted by Gasteiger charge is -2.34. The summed E-state index contributed by atoms with van der Waals surface area (Å²) in [7, 11) is -2.16. The average molecular weight is 628 g/mol. The van der Waals surface area contributed by atoms with Gasteiger partial charge in [0.2, 0.25) is 15.9 Å². The fourth-order valence-electron chi connectivity index (χ4n) is 6.10. The Bertz CT molecular complexity index is 1660. The number of sulfonamides is 1. The van der Waals surface area contributed by atoms with E-state index in [2.05, 4.69) is 37.7 Å². The number of nitrogens with one attached hydrogen (secondary N) is 3. The monoisotopic (exact) mass is 627 g/mol. The van der Waals surface area contributed by atoms with Crippen LogP contribution in [0.4, 0.5) is 26.0 Å². The average Bonchev–Trinajstić information content (AvgIpc) is 3.68. The topological polar surface area (TPSA) is 131 Å². The number of halogens is 2. The van der Waals surface area contributed by atoms with E-state index in [0.29, 0.717) is 23.0 Å². The van der Waals surface area contributed by atoms with Gasteiger partial charge in [0.05, 0.1) is 16.1 Å². The highest BCUT2D eigenvalue weighted by molar-refractivity contribution is 7.89. The van der Waals surface area contributed by atoms with Crippen molar-refractivity contribution in [3.63, 3.8) is 0 Å². The highest BCUT2D eigenvalue weighted by Gasteiger charge is 2.33. The molecule has 6 rings (SSSR count). The van der Waals surface area contributed by atoms with Crippen LogP contribution in [0.25, 0.3) is 0 Å². The Kier molecular flexibility index (Phi) is 8.40. The molecule has 0 radical (unpaired) electrons. The largest absolute Gasteiger partial charge is 0.369 e. The zero-order chi connectivity index (χ0) is 31.0. The molecule has 3 heterocycles. The number of anilines is 3. The van der Waals surface area contributed by atoms with Gasteiger partial charge in [-0.3, -0.25) is 14.7 Å². The van der Waals surface area contributed by atoms with Gasteiger partial charge in [0.1, 0.15) is 11.6 Å². The van der Waals surface area contributed by atoms with Gasteiger partial charge in [-0.25, -0.2) is 17.2 Å². The number of piperazine rings is 1. The predicted octanol–water partition coefficient (Wildman–Crippen LogP) is 3.57. The zero-order valence-electron chi connectivity index (χ0n) is 24.4. The number of carbonyl (C=O) groups excluding carboxylic acids is 2. The van der Waals surface area contributed by atoms with Crippen molar-refractivity contribution >= 4 is 39.0 Å². The maximum atomic E-state index is 13.8. The molecule has 14 heteroatoms. The minimum absolute atomic E-state index is 0.0636. The molecule has 3 N–H and O–H groups in total. The van der Waals surface area contributed by atoms with Crippen LogP contribution in [0.5, 0.6) is 0 Å². The second-order valence-electron chi connectivity index (χ2n) is 11.7. The summed E-state index contributed by atoms with van der Waals surface area (Å²) in [5, 5.41) is 12.9. The molecule has 1 saturated heterocycles. The van der Waals surface area contributed by atoms with Crippen LogP contribution in [-0.2, 0) is 27.8 Å². The van der Waals surface area contributed by atoms with Crippen molar-refractivity contribution in [3.8, 4) is 0 Å². The molecule has 0 bridgehead atoms. The van der Waals surface area contributed by atoms with Crippen LogP contribution in [0.3, 0.4) is 0 Å². The number of hydrogen-bond donors (Lipinski definition) is 3. The summed E-state index contributed by atoms with van der Waals surface area (Å²) in [4.78, 5) is 30.8. The van der Waals surface area contributed by atoms with Gasteiger partial charge < -0.3 is 20.4 Å². The quantitative estimate of drug-likeness (QED) is 0.365. The molecule has 44 heavy (non-hydrogen) atoms. The summed E-state index contributed by atoms with van der Waals surface area (Å²) in [5.41, 5.74) is 2.66. The van der Waals surface area contributed by atoms with Crippen LogP contribution in [0.15, 0.2) is 41.3 Å². The fourth-order valence-corrected chi connectivity index (χ4v) is 7.55. The molecule has 0 atom stereocenters. The Labute approximate surface area is 254 Å². The lowest BCUT2D eigenvalue weighted by Crippen LogP contribution is -2.44. The third-order valence-electron chi connectivity index (χ3n) is 8.70. The number of rotatable bonds is 7.